The molecule has 158 valence electrons. The molecule has 0 bridgehead atoms. The van der Waals surface area contributed by atoms with Gasteiger partial charge < -0.3 is 15.4 Å². The molecular formula is C21H23N3O6. The number of hydrogen-bond donors (Lipinski definition) is 2. The molecule has 2 aliphatic rings. The van der Waals surface area contributed by atoms with E-state index in [1.165, 1.54) is 14.0 Å². The highest BCUT2D eigenvalue weighted by Gasteiger charge is 2.50. The molecule has 1 fully saturated rings. The summed E-state index contributed by atoms with van der Waals surface area (Å²) in [5, 5.41) is 5.04. The second kappa shape index (κ2) is 8.89. The number of ether oxygens (including phenoxy) is 1. The molecule has 4 amide bonds. The van der Waals surface area contributed by atoms with Gasteiger partial charge in [0.2, 0.25) is 11.8 Å². The Labute approximate surface area is 173 Å². The van der Waals surface area contributed by atoms with Gasteiger partial charge in [-0.2, -0.15) is 0 Å². The zero-order valence-electron chi connectivity index (χ0n) is 16.7. The van der Waals surface area contributed by atoms with Crippen LogP contribution in [0.2, 0.25) is 0 Å². The highest BCUT2D eigenvalue weighted by atomic mass is 16.5. The zero-order valence-corrected chi connectivity index (χ0v) is 16.7. The van der Waals surface area contributed by atoms with Crippen molar-refractivity contribution in [2.45, 2.75) is 25.8 Å². The Kier molecular flexibility index (Phi) is 6.29. The molecule has 0 saturated carbocycles. The number of anilines is 1. The molecule has 2 N–H and O–H groups in total. The molecule has 3 rings (SSSR count). The van der Waals surface area contributed by atoms with Gasteiger partial charge in [-0.1, -0.05) is 12.2 Å². The number of allylic oxidation sites excluding steroid dienone is 2. The van der Waals surface area contributed by atoms with Crippen LogP contribution in [0.3, 0.4) is 0 Å². The smallest absolute Gasteiger partial charge is 0.329 e. The number of carbonyl (C=O) groups excluding carboxylic acids is 5. The normalized spacial score (nSPS) is 21.1. The average Bonchev–Trinajstić information content (AvgIpc) is 3.02. The molecular weight excluding hydrogens is 390 g/mol. The maximum absolute atomic E-state index is 12.5. The van der Waals surface area contributed by atoms with Crippen LogP contribution in [0, 0.1) is 11.8 Å². The molecule has 1 saturated heterocycles. The van der Waals surface area contributed by atoms with Gasteiger partial charge in [0, 0.05) is 18.3 Å². The van der Waals surface area contributed by atoms with Crippen LogP contribution in [0.25, 0.3) is 0 Å². The summed E-state index contributed by atoms with van der Waals surface area (Å²) in [4.78, 5) is 61.9. The Morgan fingerprint density at radius 3 is 2.17 bits per heavy atom. The number of esters is 1. The van der Waals surface area contributed by atoms with E-state index < -0.39 is 36.4 Å². The van der Waals surface area contributed by atoms with Crippen LogP contribution in [0.15, 0.2) is 36.4 Å². The number of nitrogens with zero attached hydrogens (tertiary/aromatic N) is 1. The van der Waals surface area contributed by atoms with E-state index in [4.69, 9.17) is 4.74 Å². The summed E-state index contributed by atoms with van der Waals surface area (Å²) in [5.74, 6) is -3.28. The average molecular weight is 413 g/mol. The summed E-state index contributed by atoms with van der Waals surface area (Å²) in [6.07, 6.45) is 4.69. The SMILES string of the molecule is CNC(=O)c1ccc(NC(=O)COC(=O)[C@H](C)N2C(=O)[C@H]3CC=CC[C@@H]3C2=O)cc1. The second-order valence-electron chi connectivity index (χ2n) is 7.19. The minimum atomic E-state index is -1.10. The van der Waals surface area contributed by atoms with Gasteiger partial charge in [0.25, 0.3) is 11.8 Å². The third-order valence-corrected chi connectivity index (χ3v) is 5.27. The lowest BCUT2D eigenvalue weighted by molar-refractivity contribution is -0.159. The molecule has 1 aromatic carbocycles. The van der Waals surface area contributed by atoms with Gasteiger partial charge in [-0.3, -0.25) is 24.1 Å². The van der Waals surface area contributed by atoms with Crippen molar-refractivity contribution in [2.75, 3.05) is 19.0 Å². The summed E-state index contributed by atoms with van der Waals surface area (Å²) in [6.45, 7) is 0.850. The van der Waals surface area contributed by atoms with E-state index in [1.807, 2.05) is 12.2 Å². The first-order chi connectivity index (χ1) is 14.3. The Bertz CT molecular complexity index is 882. The van der Waals surface area contributed by atoms with E-state index in [2.05, 4.69) is 10.6 Å². The summed E-state index contributed by atoms with van der Waals surface area (Å²) in [5.41, 5.74) is 0.865. The molecule has 1 aliphatic carbocycles. The summed E-state index contributed by atoms with van der Waals surface area (Å²) < 4.78 is 5.00. The van der Waals surface area contributed by atoms with E-state index in [-0.39, 0.29) is 17.7 Å². The second-order valence-corrected chi connectivity index (χ2v) is 7.19. The minimum Gasteiger partial charge on any atom is -0.454 e. The number of likely N-dealkylation sites (tertiary alicyclic amines) is 1. The first-order valence-electron chi connectivity index (χ1n) is 9.64. The molecule has 3 atom stereocenters. The van der Waals surface area contributed by atoms with Crippen molar-refractivity contribution in [3.05, 3.63) is 42.0 Å². The Hall–Kier alpha value is -3.49. The third-order valence-electron chi connectivity index (χ3n) is 5.27. The van der Waals surface area contributed by atoms with Crippen molar-refractivity contribution >= 4 is 35.3 Å². The van der Waals surface area contributed by atoms with E-state index in [0.717, 1.165) is 4.90 Å². The van der Waals surface area contributed by atoms with Gasteiger partial charge in [-0.05, 0) is 44.0 Å². The molecule has 1 aliphatic heterocycles. The number of hydrogen-bond acceptors (Lipinski definition) is 6. The van der Waals surface area contributed by atoms with Crippen molar-refractivity contribution in [1.82, 2.24) is 10.2 Å². The number of carbonyl (C=O) groups is 5. The van der Waals surface area contributed by atoms with Gasteiger partial charge in [0.1, 0.15) is 6.04 Å². The fourth-order valence-corrected chi connectivity index (χ4v) is 3.62. The van der Waals surface area contributed by atoms with Gasteiger partial charge >= 0.3 is 5.97 Å². The van der Waals surface area contributed by atoms with Crippen LogP contribution in [-0.4, -0.2) is 54.2 Å². The van der Waals surface area contributed by atoms with Gasteiger partial charge in [-0.25, -0.2) is 4.79 Å². The fraction of sp³-hybridized carbons (Fsp3) is 0.381. The lowest BCUT2D eigenvalue weighted by Gasteiger charge is -2.21. The van der Waals surface area contributed by atoms with Gasteiger partial charge in [-0.15, -0.1) is 0 Å². The number of benzene rings is 1. The Balaban J connectivity index is 1.52. The molecule has 0 unspecified atom stereocenters. The van der Waals surface area contributed by atoms with Crippen LogP contribution in [-0.2, 0) is 23.9 Å². The topological polar surface area (TPSA) is 122 Å². The van der Waals surface area contributed by atoms with Crippen LogP contribution < -0.4 is 10.6 Å². The predicted molar refractivity (Wildman–Crippen MR) is 106 cm³/mol. The molecule has 0 aromatic heterocycles. The first-order valence-corrected chi connectivity index (χ1v) is 9.64. The number of nitrogens with one attached hydrogen (secondary N) is 2. The Morgan fingerprint density at radius 1 is 1.07 bits per heavy atom. The van der Waals surface area contributed by atoms with Crippen molar-refractivity contribution in [1.29, 1.82) is 0 Å². The van der Waals surface area contributed by atoms with Crippen molar-refractivity contribution < 1.29 is 28.7 Å². The largest absolute Gasteiger partial charge is 0.454 e. The van der Waals surface area contributed by atoms with E-state index in [9.17, 15) is 24.0 Å². The maximum atomic E-state index is 12.5. The lowest BCUT2D eigenvalue weighted by atomic mass is 9.85. The molecule has 1 aromatic rings. The number of imide groups is 1. The highest BCUT2D eigenvalue weighted by Crippen LogP contribution is 2.36. The van der Waals surface area contributed by atoms with Crippen molar-refractivity contribution in [3.8, 4) is 0 Å². The highest BCUT2D eigenvalue weighted by molar-refractivity contribution is 6.08. The summed E-state index contributed by atoms with van der Waals surface area (Å²) in [6, 6.07) is 5.08. The van der Waals surface area contributed by atoms with E-state index >= 15 is 0 Å². The minimum absolute atomic E-state index is 0.252. The van der Waals surface area contributed by atoms with Crippen LogP contribution >= 0.6 is 0 Å². The summed E-state index contributed by atoms with van der Waals surface area (Å²) in [7, 11) is 1.52. The molecule has 1 heterocycles. The zero-order chi connectivity index (χ0) is 21.8. The molecule has 9 heteroatoms. The lowest BCUT2D eigenvalue weighted by Crippen LogP contribution is -2.45. The Morgan fingerprint density at radius 2 is 1.63 bits per heavy atom. The summed E-state index contributed by atoms with van der Waals surface area (Å²) >= 11 is 0. The predicted octanol–water partition coefficient (Wildman–Crippen LogP) is 0.868. The van der Waals surface area contributed by atoms with Crippen molar-refractivity contribution in [3.63, 3.8) is 0 Å². The van der Waals surface area contributed by atoms with Crippen molar-refractivity contribution in [2.24, 2.45) is 11.8 Å². The molecule has 0 spiro atoms. The number of fused-ring (bicyclic) bond motifs is 1. The molecule has 0 radical (unpaired) electrons. The molecule has 30 heavy (non-hydrogen) atoms. The quantitative estimate of drug-likeness (QED) is 0.405. The van der Waals surface area contributed by atoms with Crippen LogP contribution in [0.5, 0.6) is 0 Å². The molecule has 9 nitrogen and oxygen atoms in total. The monoisotopic (exact) mass is 413 g/mol. The van der Waals surface area contributed by atoms with Gasteiger partial charge in [0.05, 0.1) is 11.8 Å². The van der Waals surface area contributed by atoms with Crippen LogP contribution in [0.1, 0.15) is 30.1 Å². The number of amides is 4. The van der Waals surface area contributed by atoms with Crippen LogP contribution in [0.4, 0.5) is 5.69 Å². The van der Waals surface area contributed by atoms with Gasteiger partial charge in [0.15, 0.2) is 6.61 Å². The standard InChI is InChI=1S/C21H23N3O6/c1-12(24-19(27)15-5-3-4-6-16(15)20(24)28)21(29)30-11-17(25)23-14-9-7-13(8-10-14)18(26)22-2/h3-4,7-10,12,15-16H,5-6,11H2,1-2H3,(H,22,26)(H,23,25)/t12-,15-,16-/m0/s1. The maximum Gasteiger partial charge on any atom is 0.329 e. The van der Waals surface area contributed by atoms with E-state index in [0.29, 0.717) is 24.1 Å². The van der Waals surface area contributed by atoms with E-state index in [1.54, 1.807) is 24.3 Å². The first kappa shape index (κ1) is 21.2. The fourth-order valence-electron chi connectivity index (χ4n) is 3.62. The number of rotatable bonds is 6. The third kappa shape index (κ3) is 4.24.